The zero-order valence-corrected chi connectivity index (χ0v) is 19.0. The molecule has 1 amide bonds. The van der Waals surface area contributed by atoms with Crippen molar-refractivity contribution in [3.05, 3.63) is 51.6 Å². The van der Waals surface area contributed by atoms with Crippen molar-refractivity contribution in [2.75, 3.05) is 13.6 Å². The number of piperidine rings is 1. The summed E-state index contributed by atoms with van der Waals surface area (Å²) in [6, 6.07) is 6.06. The summed E-state index contributed by atoms with van der Waals surface area (Å²) >= 11 is 5.89. The summed E-state index contributed by atoms with van der Waals surface area (Å²) < 4.78 is 16.2. The van der Waals surface area contributed by atoms with Gasteiger partial charge in [-0.1, -0.05) is 17.7 Å². The lowest BCUT2D eigenvalue weighted by atomic mass is 9.88. The number of carbonyl (C=O) groups excluding carboxylic acids is 1. The van der Waals surface area contributed by atoms with Crippen LogP contribution in [-0.2, 0) is 24.3 Å². The second-order valence-electron chi connectivity index (χ2n) is 9.56. The number of halogens is 2. The van der Waals surface area contributed by atoms with E-state index in [1.54, 1.807) is 12.1 Å². The lowest BCUT2D eigenvalue weighted by Gasteiger charge is -2.37. The van der Waals surface area contributed by atoms with Gasteiger partial charge in [-0.15, -0.1) is 0 Å². The number of rotatable bonds is 4. The zero-order chi connectivity index (χ0) is 21.7. The number of hydrogen-bond acceptors (Lipinski definition) is 3. The molecule has 3 aliphatic heterocycles. The van der Waals surface area contributed by atoms with Crippen molar-refractivity contribution >= 4 is 17.5 Å². The van der Waals surface area contributed by atoms with Gasteiger partial charge in [-0.3, -0.25) is 9.48 Å². The van der Waals surface area contributed by atoms with E-state index < -0.39 is 0 Å². The van der Waals surface area contributed by atoms with Crippen molar-refractivity contribution in [3.63, 3.8) is 0 Å². The molecule has 1 aromatic heterocycles. The van der Waals surface area contributed by atoms with E-state index in [2.05, 4.69) is 17.0 Å². The fourth-order valence-corrected chi connectivity index (χ4v) is 6.06. The van der Waals surface area contributed by atoms with E-state index in [1.165, 1.54) is 24.5 Å². The smallest absolute Gasteiger partial charge is 0.223 e. The first-order valence-electron chi connectivity index (χ1n) is 11.4. The van der Waals surface area contributed by atoms with E-state index in [9.17, 15) is 9.18 Å². The largest absolute Gasteiger partial charge is 0.336 e. The van der Waals surface area contributed by atoms with Crippen LogP contribution in [0.2, 0.25) is 5.02 Å². The van der Waals surface area contributed by atoms with Crippen molar-refractivity contribution < 1.29 is 9.18 Å². The van der Waals surface area contributed by atoms with Crippen LogP contribution < -0.4 is 0 Å². The van der Waals surface area contributed by atoms with Gasteiger partial charge in [0.05, 0.1) is 24.5 Å². The Balaban J connectivity index is 1.29. The Bertz CT molecular complexity index is 992. The van der Waals surface area contributed by atoms with Crippen molar-refractivity contribution in [3.8, 4) is 0 Å². The molecule has 2 atom stereocenters. The summed E-state index contributed by atoms with van der Waals surface area (Å²) in [6.45, 7) is 3.65. The van der Waals surface area contributed by atoms with Gasteiger partial charge in [-0.2, -0.15) is 5.10 Å². The molecule has 1 aromatic carbocycles. The molecule has 166 valence electrons. The summed E-state index contributed by atoms with van der Waals surface area (Å²) in [7, 11) is 2.24. The molecule has 2 bridgehead atoms. The first-order chi connectivity index (χ1) is 14.9. The molecule has 5 rings (SSSR count). The third kappa shape index (κ3) is 4.00. The summed E-state index contributed by atoms with van der Waals surface area (Å²) in [5, 5.41) is 5.06. The fourth-order valence-electron chi connectivity index (χ4n) is 5.90. The SMILES string of the molecule is Cc1nn(Cc2ccc(Cl)cc2F)c2c1CCN(C(=O)CC1CC3CCC(C1)N3C)C2. The quantitative estimate of drug-likeness (QED) is 0.710. The predicted molar refractivity (Wildman–Crippen MR) is 119 cm³/mol. The molecule has 5 nitrogen and oxygen atoms in total. The molecule has 2 saturated heterocycles. The fraction of sp³-hybridized carbons (Fsp3) is 0.583. The van der Waals surface area contributed by atoms with Crippen LogP contribution in [0.4, 0.5) is 4.39 Å². The predicted octanol–water partition coefficient (Wildman–Crippen LogP) is 4.18. The normalized spacial score (nSPS) is 25.7. The van der Waals surface area contributed by atoms with Crippen LogP contribution in [0.3, 0.4) is 0 Å². The van der Waals surface area contributed by atoms with Gasteiger partial charge in [0, 0.05) is 35.6 Å². The molecule has 7 heteroatoms. The summed E-state index contributed by atoms with van der Waals surface area (Å²) in [5.74, 6) is 0.426. The van der Waals surface area contributed by atoms with E-state index in [1.807, 2.05) is 16.5 Å². The number of amides is 1. The highest BCUT2D eigenvalue weighted by Gasteiger charge is 2.39. The van der Waals surface area contributed by atoms with Crippen LogP contribution in [0.25, 0.3) is 0 Å². The highest BCUT2D eigenvalue weighted by atomic mass is 35.5. The van der Waals surface area contributed by atoms with Crippen molar-refractivity contribution in [1.29, 1.82) is 0 Å². The molecule has 0 N–H and O–H groups in total. The van der Waals surface area contributed by atoms with Crippen LogP contribution >= 0.6 is 11.6 Å². The number of benzene rings is 1. The molecule has 0 radical (unpaired) electrons. The number of aryl methyl sites for hydroxylation is 1. The minimum atomic E-state index is -0.324. The average molecular weight is 445 g/mol. The molecule has 2 aromatic rings. The monoisotopic (exact) mass is 444 g/mol. The maximum Gasteiger partial charge on any atom is 0.223 e. The minimum absolute atomic E-state index is 0.252. The number of fused-ring (bicyclic) bond motifs is 3. The number of aromatic nitrogens is 2. The molecule has 0 aliphatic carbocycles. The maximum atomic E-state index is 14.3. The third-order valence-electron chi connectivity index (χ3n) is 7.69. The average Bonchev–Trinajstić information content (AvgIpc) is 3.13. The topological polar surface area (TPSA) is 41.4 Å². The van der Waals surface area contributed by atoms with Crippen molar-refractivity contribution in [2.45, 2.75) is 70.6 Å². The standard InChI is InChI=1S/C24H30ClFN4O/c1-15-21-7-8-29(24(31)11-16-9-19-5-6-20(10-16)28(19)2)14-23(21)30(27-15)13-17-3-4-18(25)12-22(17)26/h3-4,12,16,19-20H,5-11,13-14H2,1-2H3. The van der Waals surface area contributed by atoms with E-state index in [-0.39, 0.29) is 11.7 Å². The van der Waals surface area contributed by atoms with Gasteiger partial charge in [0.1, 0.15) is 5.82 Å². The van der Waals surface area contributed by atoms with Gasteiger partial charge in [0.15, 0.2) is 0 Å². The molecule has 31 heavy (non-hydrogen) atoms. The highest BCUT2D eigenvalue weighted by Crippen LogP contribution is 2.39. The van der Waals surface area contributed by atoms with Gasteiger partial charge in [0.2, 0.25) is 5.91 Å². The Labute approximate surface area is 188 Å². The van der Waals surface area contributed by atoms with Crippen molar-refractivity contribution in [2.24, 2.45) is 5.92 Å². The summed E-state index contributed by atoms with van der Waals surface area (Å²) in [5.41, 5.74) is 3.77. The maximum absolute atomic E-state index is 14.3. The van der Waals surface area contributed by atoms with Crippen LogP contribution in [-0.4, -0.2) is 51.2 Å². The molecule has 4 heterocycles. The Kier molecular flexibility index (Phi) is 5.55. The van der Waals surface area contributed by atoms with Crippen LogP contribution in [0.15, 0.2) is 18.2 Å². The van der Waals surface area contributed by atoms with Crippen LogP contribution in [0, 0.1) is 18.7 Å². The summed E-state index contributed by atoms with van der Waals surface area (Å²) in [4.78, 5) is 17.7. The second kappa shape index (κ2) is 8.21. The molecule has 2 fully saturated rings. The lowest BCUT2D eigenvalue weighted by Crippen LogP contribution is -2.42. The number of carbonyl (C=O) groups is 1. The molecule has 0 saturated carbocycles. The Hall–Kier alpha value is -1.92. The van der Waals surface area contributed by atoms with Crippen LogP contribution in [0.1, 0.15) is 54.6 Å². The highest BCUT2D eigenvalue weighted by molar-refractivity contribution is 6.30. The molecular formula is C24H30ClFN4O. The van der Waals surface area contributed by atoms with E-state index in [0.717, 1.165) is 37.2 Å². The molecule has 0 spiro atoms. The van der Waals surface area contributed by atoms with Gasteiger partial charge >= 0.3 is 0 Å². The lowest BCUT2D eigenvalue weighted by molar-refractivity contribution is -0.133. The molecular weight excluding hydrogens is 415 g/mol. The second-order valence-corrected chi connectivity index (χ2v) is 10.00. The van der Waals surface area contributed by atoms with E-state index in [0.29, 0.717) is 48.1 Å². The van der Waals surface area contributed by atoms with Crippen molar-refractivity contribution in [1.82, 2.24) is 19.6 Å². The van der Waals surface area contributed by atoms with Crippen LogP contribution in [0.5, 0.6) is 0 Å². The zero-order valence-electron chi connectivity index (χ0n) is 18.3. The van der Waals surface area contributed by atoms with Gasteiger partial charge < -0.3 is 9.80 Å². The Morgan fingerprint density at radius 2 is 2.00 bits per heavy atom. The molecule has 2 unspecified atom stereocenters. The van der Waals surface area contributed by atoms with Gasteiger partial charge in [0.25, 0.3) is 0 Å². The van der Waals surface area contributed by atoms with E-state index >= 15 is 0 Å². The molecule has 3 aliphatic rings. The van der Waals surface area contributed by atoms with Gasteiger partial charge in [-0.05, 0) is 69.7 Å². The van der Waals surface area contributed by atoms with E-state index in [4.69, 9.17) is 11.6 Å². The number of nitrogens with zero attached hydrogens (tertiary/aromatic N) is 4. The summed E-state index contributed by atoms with van der Waals surface area (Å²) in [6.07, 6.45) is 6.30. The first-order valence-corrected chi connectivity index (χ1v) is 11.8. The van der Waals surface area contributed by atoms with Gasteiger partial charge in [-0.25, -0.2) is 4.39 Å². The Morgan fingerprint density at radius 3 is 2.71 bits per heavy atom. The third-order valence-corrected chi connectivity index (χ3v) is 7.92. The Morgan fingerprint density at radius 1 is 1.26 bits per heavy atom. The number of hydrogen-bond donors (Lipinski definition) is 0. The minimum Gasteiger partial charge on any atom is -0.336 e. The first kappa shape index (κ1) is 21.0.